The lowest BCUT2D eigenvalue weighted by molar-refractivity contribution is -0.132. The van der Waals surface area contributed by atoms with Gasteiger partial charge in [-0.15, -0.1) is 0 Å². The maximum Gasteiger partial charge on any atom is 0.326 e. The van der Waals surface area contributed by atoms with Crippen molar-refractivity contribution in [1.29, 1.82) is 0 Å². The maximum absolute atomic E-state index is 13.0. The predicted molar refractivity (Wildman–Crippen MR) is 97.9 cm³/mol. The van der Waals surface area contributed by atoms with E-state index in [2.05, 4.69) is 20.7 Å². The Morgan fingerprint density at radius 2 is 2.04 bits per heavy atom. The topological polar surface area (TPSA) is 96.7 Å². The number of piperidine rings is 1. The quantitative estimate of drug-likeness (QED) is 0.619. The number of amides is 1. The van der Waals surface area contributed by atoms with Crippen LogP contribution in [-0.4, -0.2) is 44.9 Å². The summed E-state index contributed by atoms with van der Waals surface area (Å²) >= 11 is 0. The summed E-state index contributed by atoms with van der Waals surface area (Å²) in [5, 5.41) is 10.6. The van der Waals surface area contributed by atoms with Gasteiger partial charge in [-0.2, -0.15) is 5.10 Å². The first-order chi connectivity index (χ1) is 12.7. The fraction of sp³-hybridized carbons (Fsp3) is 0.389. The number of carbonyl (C=O) groups is 1. The van der Waals surface area contributed by atoms with Crippen LogP contribution in [0.5, 0.6) is 0 Å². The zero-order chi connectivity index (χ0) is 18.0. The summed E-state index contributed by atoms with van der Waals surface area (Å²) in [6.45, 7) is 2.35. The van der Waals surface area contributed by atoms with Gasteiger partial charge in [0.05, 0.1) is 11.0 Å². The molecule has 1 aliphatic heterocycles. The van der Waals surface area contributed by atoms with Crippen LogP contribution in [0.1, 0.15) is 12.8 Å². The van der Waals surface area contributed by atoms with Gasteiger partial charge in [0, 0.05) is 25.5 Å². The van der Waals surface area contributed by atoms with Gasteiger partial charge in [-0.25, -0.2) is 4.79 Å². The van der Waals surface area contributed by atoms with Gasteiger partial charge in [0.25, 0.3) is 0 Å². The molecule has 0 radical (unpaired) electrons. The van der Waals surface area contributed by atoms with Crippen LogP contribution in [0.25, 0.3) is 11.0 Å². The summed E-state index contributed by atoms with van der Waals surface area (Å²) in [7, 11) is 0. The molecule has 1 saturated heterocycles. The van der Waals surface area contributed by atoms with Crippen molar-refractivity contribution >= 4 is 16.9 Å². The Labute approximate surface area is 150 Å². The molecule has 1 fully saturated rings. The molecule has 3 aromatic rings. The van der Waals surface area contributed by atoms with Gasteiger partial charge in [0.1, 0.15) is 5.54 Å². The molecule has 3 N–H and O–H groups in total. The third-order valence-corrected chi connectivity index (χ3v) is 5.10. The first kappa shape index (κ1) is 16.6. The first-order valence-electron chi connectivity index (χ1n) is 8.87. The van der Waals surface area contributed by atoms with Crippen molar-refractivity contribution in [1.82, 2.24) is 30.0 Å². The van der Waals surface area contributed by atoms with Gasteiger partial charge < -0.3 is 15.6 Å². The molecule has 0 saturated carbocycles. The molecular formula is C18H22N6O2. The third-order valence-electron chi connectivity index (χ3n) is 5.10. The lowest BCUT2D eigenvalue weighted by Crippen LogP contribution is -2.55. The van der Waals surface area contributed by atoms with Gasteiger partial charge in [-0.3, -0.25) is 14.0 Å². The standard InChI is InChI=1S/C18H22N6O2/c25-16(18(6-9-19-10-7-18)24-12-3-8-21-24)20-11-13-23-15-5-2-1-4-14(15)22-17(23)26/h1-5,8,12,19H,6-7,9-11,13H2,(H,20,25)(H,22,26). The lowest BCUT2D eigenvalue weighted by Gasteiger charge is -2.36. The highest BCUT2D eigenvalue weighted by Crippen LogP contribution is 2.27. The largest absolute Gasteiger partial charge is 0.352 e. The van der Waals surface area contributed by atoms with Crippen molar-refractivity contribution in [2.75, 3.05) is 19.6 Å². The van der Waals surface area contributed by atoms with Crippen molar-refractivity contribution in [3.63, 3.8) is 0 Å². The molecule has 8 heteroatoms. The van der Waals surface area contributed by atoms with Crippen LogP contribution in [-0.2, 0) is 16.9 Å². The lowest BCUT2D eigenvalue weighted by atomic mass is 9.87. The smallest absolute Gasteiger partial charge is 0.326 e. The number of rotatable bonds is 5. The minimum absolute atomic E-state index is 0.0457. The molecule has 4 rings (SSSR count). The maximum atomic E-state index is 13.0. The van der Waals surface area contributed by atoms with Crippen LogP contribution in [0, 0.1) is 0 Å². The number of hydrogen-bond donors (Lipinski definition) is 3. The number of benzene rings is 1. The highest BCUT2D eigenvalue weighted by Gasteiger charge is 2.41. The van der Waals surface area contributed by atoms with E-state index in [-0.39, 0.29) is 11.6 Å². The van der Waals surface area contributed by atoms with Crippen LogP contribution in [0.4, 0.5) is 0 Å². The number of nitrogens with zero attached hydrogens (tertiary/aromatic N) is 3. The van der Waals surface area contributed by atoms with Crippen LogP contribution in [0.2, 0.25) is 0 Å². The highest BCUT2D eigenvalue weighted by atomic mass is 16.2. The number of fused-ring (bicyclic) bond motifs is 1. The highest BCUT2D eigenvalue weighted by molar-refractivity contribution is 5.84. The van der Waals surface area contributed by atoms with E-state index in [0.29, 0.717) is 25.9 Å². The van der Waals surface area contributed by atoms with Crippen LogP contribution in [0.3, 0.4) is 0 Å². The molecule has 0 aliphatic carbocycles. The molecule has 0 spiro atoms. The van der Waals surface area contributed by atoms with Crippen LogP contribution < -0.4 is 16.3 Å². The zero-order valence-corrected chi connectivity index (χ0v) is 14.4. The van der Waals surface area contributed by atoms with E-state index in [9.17, 15) is 9.59 Å². The Morgan fingerprint density at radius 3 is 2.81 bits per heavy atom. The summed E-state index contributed by atoms with van der Waals surface area (Å²) in [4.78, 5) is 28.0. The van der Waals surface area contributed by atoms with Gasteiger partial charge in [-0.05, 0) is 44.1 Å². The Morgan fingerprint density at radius 1 is 1.23 bits per heavy atom. The molecule has 1 aliphatic rings. The van der Waals surface area contributed by atoms with E-state index in [0.717, 1.165) is 24.1 Å². The summed E-state index contributed by atoms with van der Waals surface area (Å²) in [6, 6.07) is 9.38. The van der Waals surface area contributed by atoms with Crippen molar-refractivity contribution in [2.45, 2.75) is 24.9 Å². The van der Waals surface area contributed by atoms with Gasteiger partial charge in [0.2, 0.25) is 5.91 Å². The number of aromatic amines is 1. The molecule has 0 atom stereocenters. The number of nitrogens with one attached hydrogen (secondary N) is 3. The van der Waals surface area contributed by atoms with E-state index < -0.39 is 5.54 Å². The van der Waals surface area contributed by atoms with E-state index in [1.165, 1.54) is 0 Å². The number of imidazole rings is 1. The summed E-state index contributed by atoms with van der Waals surface area (Å²) < 4.78 is 3.42. The van der Waals surface area contributed by atoms with Crippen molar-refractivity contribution < 1.29 is 4.79 Å². The van der Waals surface area contributed by atoms with Gasteiger partial charge >= 0.3 is 5.69 Å². The zero-order valence-electron chi connectivity index (χ0n) is 14.4. The molecule has 3 heterocycles. The van der Waals surface area contributed by atoms with Crippen molar-refractivity contribution in [3.05, 3.63) is 53.2 Å². The van der Waals surface area contributed by atoms with E-state index >= 15 is 0 Å². The van der Waals surface area contributed by atoms with Gasteiger partial charge in [-0.1, -0.05) is 12.1 Å². The van der Waals surface area contributed by atoms with Crippen molar-refractivity contribution in [3.8, 4) is 0 Å². The number of carbonyl (C=O) groups excluding carboxylic acids is 1. The Kier molecular flexibility index (Phi) is 4.34. The second kappa shape index (κ2) is 6.80. The monoisotopic (exact) mass is 354 g/mol. The summed E-state index contributed by atoms with van der Waals surface area (Å²) in [6.07, 6.45) is 4.92. The molecule has 136 valence electrons. The average Bonchev–Trinajstić information content (AvgIpc) is 3.31. The second-order valence-corrected chi connectivity index (χ2v) is 6.59. The second-order valence-electron chi connectivity index (χ2n) is 6.59. The minimum atomic E-state index is -0.667. The molecule has 2 aromatic heterocycles. The number of H-pyrrole nitrogens is 1. The molecule has 0 unspecified atom stereocenters. The fourth-order valence-electron chi connectivity index (χ4n) is 3.70. The molecule has 26 heavy (non-hydrogen) atoms. The predicted octanol–water partition coefficient (Wildman–Crippen LogP) is 0.421. The normalized spacial score (nSPS) is 16.6. The molecule has 1 amide bonds. The number of para-hydroxylation sites is 2. The van der Waals surface area contributed by atoms with Crippen molar-refractivity contribution in [2.24, 2.45) is 0 Å². The minimum Gasteiger partial charge on any atom is -0.352 e. The first-order valence-corrected chi connectivity index (χ1v) is 8.87. The molecular weight excluding hydrogens is 332 g/mol. The van der Waals surface area contributed by atoms with Crippen LogP contribution >= 0.6 is 0 Å². The van der Waals surface area contributed by atoms with Crippen LogP contribution in [0.15, 0.2) is 47.5 Å². The Balaban J connectivity index is 1.49. The number of aromatic nitrogens is 4. The van der Waals surface area contributed by atoms with Gasteiger partial charge in [0.15, 0.2) is 0 Å². The Bertz CT molecular complexity index is 950. The molecule has 8 nitrogen and oxygen atoms in total. The molecule has 0 bridgehead atoms. The van der Waals surface area contributed by atoms with E-state index in [1.54, 1.807) is 15.4 Å². The number of hydrogen-bond acceptors (Lipinski definition) is 4. The van der Waals surface area contributed by atoms with E-state index in [4.69, 9.17) is 0 Å². The fourth-order valence-corrected chi connectivity index (χ4v) is 3.70. The average molecular weight is 354 g/mol. The SMILES string of the molecule is O=C(NCCn1c(=O)[nH]c2ccccc21)C1(n2cccn2)CCNCC1. The van der Waals surface area contributed by atoms with E-state index in [1.807, 2.05) is 36.5 Å². The Hall–Kier alpha value is -2.87. The summed E-state index contributed by atoms with van der Waals surface area (Å²) in [5.41, 5.74) is 0.814. The molecule has 1 aromatic carbocycles. The third kappa shape index (κ3) is 2.82. The summed E-state index contributed by atoms with van der Waals surface area (Å²) in [5.74, 6) is -0.0457.